The Morgan fingerprint density at radius 1 is 1.50 bits per heavy atom. The van der Waals surface area contributed by atoms with Crippen molar-refractivity contribution in [2.75, 3.05) is 6.54 Å². The first-order chi connectivity index (χ1) is 9.99. The zero-order chi connectivity index (χ0) is 15.4. The summed E-state index contributed by atoms with van der Waals surface area (Å²) in [4.78, 5) is 24.6. The van der Waals surface area contributed by atoms with Gasteiger partial charge in [-0.25, -0.2) is 0 Å². The van der Waals surface area contributed by atoms with Crippen LogP contribution in [-0.4, -0.2) is 34.4 Å². The van der Waals surface area contributed by atoms with Gasteiger partial charge in [0.25, 0.3) is 5.69 Å². The molecular weight excluding hydrogens is 306 g/mol. The van der Waals surface area contributed by atoms with Gasteiger partial charge >= 0.3 is 0 Å². The molecule has 2 atom stereocenters. The maximum absolute atomic E-state index is 12.5. The Morgan fingerprint density at radius 2 is 2.23 bits per heavy atom. The van der Waals surface area contributed by atoms with Crippen LogP contribution in [-0.2, 0) is 11.2 Å². The highest BCUT2D eigenvalue weighted by molar-refractivity contribution is 5.85. The predicted molar refractivity (Wildman–Crippen MR) is 87.0 cm³/mol. The van der Waals surface area contributed by atoms with Crippen molar-refractivity contribution < 1.29 is 9.72 Å². The van der Waals surface area contributed by atoms with Crippen LogP contribution < -0.4 is 5.73 Å². The molecule has 1 aromatic rings. The Balaban J connectivity index is 0.00000242. The smallest absolute Gasteiger partial charge is 0.269 e. The maximum atomic E-state index is 12.5. The summed E-state index contributed by atoms with van der Waals surface area (Å²) in [5, 5.41) is 10.8. The number of nitrogens with two attached hydrogens (primary N) is 1. The van der Waals surface area contributed by atoms with E-state index in [1.54, 1.807) is 12.1 Å². The molecule has 0 spiro atoms. The lowest BCUT2D eigenvalue weighted by molar-refractivity contribution is -0.384. The van der Waals surface area contributed by atoms with Gasteiger partial charge in [0.05, 0.1) is 11.3 Å². The molecule has 6 nitrogen and oxygen atoms in total. The van der Waals surface area contributed by atoms with Crippen molar-refractivity contribution in [1.82, 2.24) is 4.90 Å². The number of benzene rings is 1. The average molecular weight is 328 g/mol. The lowest BCUT2D eigenvalue weighted by atomic mass is 9.96. The quantitative estimate of drug-likeness (QED) is 0.678. The third-order valence-corrected chi connectivity index (χ3v) is 3.95. The number of halogens is 1. The van der Waals surface area contributed by atoms with Crippen LogP contribution in [0.5, 0.6) is 0 Å². The van der Waals surface area contributed by atoms with Gasteiger partial charge in [-0.05, 0) is 31.7 Å². The number of piperidine rings is 1. The predicted octanol–water partition coefficient (Wildman–Crippen LogP) is 2.29. The summed E-state index contributed by atoms with van der Waals surface area (Å²) in [6.07, 6.45) is 3.19. The highest BCUT2D eigenvalue weighted by Gasteiger charge is 2.29. The molecule has 1 amide bonds. The lowest BCUT2D eigenvalue weighted by Crippen LogP contribution is -2.52. The topological polar surface area (TPSA) is 89.5 Å². The number of likely N-dealkylation sites (tertiary alicyclic amines) is 1. The van der Waals surface area contributed by atoms with Crippen LogP contribution in [0.25, 0.3) is 0 Å². The molecule has 1 aromatic carbocycles. The molecular formula is C15H22ClN3O3. The molecule has 2 unspecified atom stereocenters. The minimum atomic E-state index is -0.445. The first-order valence-electron chi connectivity index (χ1n) is 7.27. The molecule has 1 saturated heterocycles. The van der Waals surface area contributed by atoms with Crippen molar-refractivity contribution >= 4 is 24.0 Å². The van der Waals surface area contributed by atoms with E-state index < -0.39 is 4.92 Å². The molecule has 1 fully saturated rings. The average Bonchev–Trinajstić information content (AvgIpc) is 2.47. The van der Waals surface area contributed by atoms with Crippen molar-refractivity contribution in [3.05, 3.63) is 39.9 Å². The molecule has 7 heteroatoms. The summed E-state index contributed by atoms with van der Waals surface area (Å²) in [5.41, 5.74) is 6.66. The SMILES string of the molecule is CC(N)C1CCCCN1C(=O)Cc1cccc([N+](=O)[O-])c1.Cl. The van der Waals surface area contributed by atoms with Crippen LogP contribution in [0.1, 0.15) is 31.7 Å². The van der Waals surface area contributed by atoms with Gasteiger partial charge in [0.1, 0.15) is 0 Å². The van der Waals surface area contributed by atoms with Crippen molar-refractivity contribution in [1.29, 1.82) is 0 Å². The van der Waals surface area contributed by atoms with E-state index in [-0.39, 0.29) is 42.5 Å². The van der Waals surface area contributed by atoms with Gasteiger partial charge in [-0.3, -0.25) is 14.9 Å². The molecule has 0 radical (unpaired) electrons. The third-order valence-electron chi connectivity index (χ3n) is 3.95. The van der Waals surface area contributed by atoms with E-state index >= 15 is 0 Å². The largest absolute Gasteiger partial charge is 0.338 e. The third kappa shape index (κ3) is 4.42. The molecule has 22 heavy (non-hydrogen) atoms. The Labute approximate surface area is 136 Å². The monoisotopic (exact) mass is 327 g/mol. The van der Waals surface area contributed by atoms with Gasteiger partial charge in [0.2, 0.25) is 5.91 Å². The minimum absolute atomic E-state index is 0. The van der Waals surface area contributed by atoms with Gasteiger partial charge in [0.15, 0.2) is 0 Å². The highest BCUT2D eigenvalue weighted by Crippen LogP contribution is 2.21. The van der Waals surface area contributed by atoms with Crippen LogP contribution in [0.2, 0.25) is 0 Å². The fourth-order valence-electron chi connectivity index (χ4n) is 2.87. The van der Waals surface area contributed by atoms with Crippen LogP contribution >= 0.6 is 12.4 Å². The van der Waals surface area contributed by atoms with E-state index in [2.05, 4.69) is 0 Å². The molecule has 1 aliphatic heterocycles. The highest BCUT2D eigenvalue weighted by atomic mass is 35.5. The molecule has 2 N–H and O–H groups in total. The Morgan fingerprint density at radius 3 is 2.86 bits per heavy atom. The molecule has 1 aliphatic rings. The standard InChI is InChI=1S/C15H21N3O3.ClH/c1-11(16)14-7-2-3-8-17(14)15(19)10-12-5-4-6-13(9-12)18(20)21;/h4-6,9,11,14H,2-3,7-8,10,16H2,1H3;1H. The molecule has 0 aliphatic carbocycles. The molecule has 2 rings (SSSR count). The zero-order valence-corrected chi connectivity index (χ0v) is 13.4. The Hall–Kier alpha value is -1.66. The van der Waals surface area contributed by atoms with Crippen LogP contribution in [0.3, 0.4) is 0 Å². The van der Waals surface area contributed by atoms with Crippen molar-refractivity contribution in [3.63, 3.8) is 0 Å². The summed E-state index contributed by atoms with van der Waals surface area (Å²) in [6, 6.07) is 6.27. The number of nitro benzene ring substituents is 1. The number of nitrogens with zero attached hydrogens (tertiary/aromatic N) is 2. The van der Waals surface area contributed by atoms with Crippen molar-refractivity contribution in [2.24, 2.45) is 5.73 Å². The second-order valence-electron chi connectivity index (χ2n) is 5.61. The van der Waals surface area contributed by atoms with Crippen LogP contribution in [0.15, 0.2) is 24.3 Å². The van der Waals surface area contributed by atoms with E-state index in [0.717, 1.165) is 25.8 Å². The Kier molecular flexibility index (Phi) is 6.77. The number of rotatable bonds is 4. The number of carbonyl (C=O) groups excluding carboxylic acids is 1. The van der Waals surface area contributed by atoms with Crippen molar-refractivity contribution in [3.8, 4) is 0 Å². The number of carbonyl (C=O) groups is 1. The molecule has 1 heterocycles. The van der Waals surface area contributed by atoms with Crippen molar-refractivity contribution in [2.45, 2.75) is 44.7 Å². The molecule has 0 saturated carbocycles. The van der Waals surface area contributed by atoms with E-state index in [9.17, 15) is 14.9 Å². The number of hydrogen-bond acceptors (Lipinski definition) is 4. The Bertz CT molecular complexity index is 537. The van der Waals surface area contributed by atoms with E-state index in [0.29, 0.717) is 5.56 Å². The van der Waals surface area contributed by atoms with Gasteiger partial charge in [0, 0.05) is 30.8 Å². The molecule has 0 bridgehead atoms. The fraction of sp³-hybridized carbons (Fsp3) is 0.533. The number of nitro groups is 1. The second kappa shape index (κ2) is 8.10. The zero-order valence-electron chi connectivity index (χ0n) is 12.6. The maximum Gasteiger partial charge on any atom is 0.269 e. The van der Waals surface area contributed by atoms with Crippen LogP contribution in [0.4, 0.5) is 5.69 Å². The minimum Gasteiger partial charge on any atom is -0.338 e. The van der Waals surface area contributed by atoms with Crippen LogP contribution in [0, 0.1) is 10.1 Å². The van der Waals surface area contributed by atoms with Gasteiger partial charge in [-0.15, -0.1) is 12.4 Å². The second-order valence-corrected chi connectivity index (χ2v) is 5.61. The first-order valence-corrected chi connectivity index (χ1v) is 7.27. The normalized spacial score (nSPS) is 19.2. The summed E-state index contributed by atoms with van der Waals surface area (Å²) in [7, 11) is 0. The van der Waals surface area contributed by atoms with Gasteiger partial charge in [-0.1, -0.05) is 12.1 Å². The number of amides is 1. The van der Waals surface area contributed by atoms with E-state index in [1.165, 1.54) is 12.1 Å². The fourth-order valence-corrected chi connectivity index (χ4v) is 2.87. The van der Waals surface area contributed by atoms with E-state index in [4.69, 9.17) is 5.73 Å². The lowest BCUT2D eigenvalue weighted by Gasteiger charge is -2.38. The first kappa shape index (κ1) is 18.4. The van der Waals surface area contributed by atoms with Gasteiger partial charge in [-0.2, -0.15) is 0 Å². The molecule has 122 valence electrons. The summed E-state index contributed by atoms with van der Waals surface area (Å²) in [5.74, 6) is -0.00232. The molecule has 0 aromatic heterocycles. The summed E-state index contributed by atoms with van der Waals surface area (Å²) < 4.78 is 0. The van der Waals surface area contributed by atoms with E-state index in [1.807, 2.05) is 11.8 Å². The number of non-ortho nitro benzene ring substituents is 1. The van der Waals surface area contributed by atoms with Gasteiger partial charge < -0.3 is 10.6 Å². The summed E-state index contributed by atoms with van der Waals surface area (Å²) >= 11 is 0. The number of hydrogen-bond donors (Lipinski definition) is 1. The summed E-state index contributed by atoms with van der Waals surface area (Å²) in [6.45, 7) is 2.64.